The predicted octanol–water partition coefficient (Wildman–Crippen LogP) is 6.01. The Morgan fingerprint density at radius 2 is 1.57 bits per heavy atom. The molecular formula is C25H18ClF6N3O2. The standard InChI is InChI=1S/C25H18ClF6N3O2/c26-18-8-16(3-4-19(18)28)33-25(37)35-12-34(11-13-1-2-15(27)7-20(13)29)24(36)9-17(35)5-14-6-22(31)23(32)10-21(14)30/h1-4,6-8,10,17H,5,9,11-12H2,(H,33,37). The number of hydrogen-bond donors (Lipinski definition) is 1. The summed E-state index contributed by atoms with van der Waals surface area (Å²) < 4.78 is 82.5. The largest absolute Gasteiger partial charge is 0.323 e. The van der Waals surface area contributed by atoms with Crippen LogP contribution in [-0.2, 0) is 17.8 Å². The summed E-state index contributed by atoms with van der Waals surface area (Å²) in [6, 6.07) is 5.45. The van der Waals surface area contributed by atoms with Gasteiger partial charge in [-0.05, 0) is 42.3 Å². The Hall–Kier alpha value is -3.73. The van der Waals surface area contributed by atoms with Crippen LogP contribution in [-0.4, -0.2) is 34.4 Å². The maximum Gasteiger partial charge on any atom is 0.323 e. The highest BCUT2D eigenvalue weighted by Crippen LogP contribution is 2.26. The molecule has 3 aromatic rings. The van der Waals surface area contributed by atoms with Crippen LogP contribution in [0.1, 0.15) is 17.5 Å². The van der Waals surface area contributed by atoms with Crippen molar-refractivity contribution in [1.82, 2.24) is 9.80 Å². The number of rotatable bonds is 5. The monoisotopic (exact) mass is 541 g/mol. The number of benzene rings is 3. The molecule has 12 heteroatoms. The van der Waals surface area contributed by atoms with Crippen LogP contribution in [0.5, 0.6) is 0 Å². The highest BCUT2D eigenvalue weighted by molar-refractivity contribution is 6.31. The second-order valence-corrected chi connectivity index (χ2v) is 8.82. The topological polar surface area (TPSA) is 52.7 Å². The van der Waals surface area contributed by atoms with Gasteiger partial charge in [0.05, 0.1) is 18.2 Å². The molecule has 0 spiro atoms. The van der Waals surface area contributed by atoms with Crippen LogP contribution in [0.15, 0.2) is 48.5 Å². The summed E-state index contributed by atoms with van der Waals surface area (Å²) in [5, 5.41) is 2.23. The predicted molar refractivity (Wildman–Crippen MR) is 122 cm³/mol. The van der Waals surface area contributed by atoms with E-state index in [4.69, 9.17) is 11.6 Å². The van der Waals surface area contributed by atoms with Crippen molar-refractivity contribution in [2.45, 2.75) is 25.4 Å². The van der Waals surface area contributed by atoms with Crippen LogP contribution >= 0.6 is 11.6 Å². The molecule has 1 heterocycles. The molecule has 0 aromatic heterocycles. The lowest BCUT2D eigenvalue weighted by Gasteiger charge is -2.41. The summed E-state index contributed by atoms with van der Waals surface area (Å²) in [6.45, 7) is -0.699. The minimum absolute atomic E-state index is 0.00877. The van der Waals surface area contributed by atoms with E-state index in [1.165, 1.54) is 6.07 Å². The minimum atomic E-state index is -1.39. The van der Waals surface area contributed by atoms with Crippen molar-refractivity contribution in [3.8, 4) is 0 Å². The normalized spacial score (nSPS) is 15.8. The lowest BCUT2D eigenvalue weighted by molar-refractivity contribution is -0.139. The van der Waals surface area contributed by atoms with Crippen molar-refractivity contribution in [2.75, 3.05) is 12.0 Å². The molecule has 1 saturated heterocycles. The third kappa shape index (κ3) is 5.99. The van der Waals surface area contributed by atoms with Gasteiger partial charge in [-0.1, -0.05) is 17.7 Å². The zero-order valence-electron chi connectivity index (χ0n) is 18.9. The van der Waals surface area contributed by atoms with E-state index in [2.05, 4.69) is 5.32 Å². The maximum atomic E-state index is 14.3. The second kappa shape index (κ2) is 10.7. The van der Waals surface area contributed by atoms with Crippen LogP contribution in [0.25, 0.3) is 0 Å². The second-order valence-electron chi connectivity index (χ2n) is 8.42. The van der Waals surface area contributed by atoms with Crippen LogP contribution in [0.2, 0.25) is 5.02 Å². The average Bonchev–Trinajstić information content (AvgIpc) is 2.83. The van der Waals surface area contributed by atoms with Crippen molar-refractivity contribution < 1.29 is 35.9 Å². The summed E-state index contributed by atoms with van der Waals surface area (Å²) in [5.41, 5.74) is -0.162. The molecule has 1 fully saturated rings. The number of carbonyl (C=O) groups is 2. The zero-order chi connectivity index (χ0) is 26.9. The molecule has 1 atom stereocenters. The first kappa shape index (κ1) is 26.3. The van der Waals surface area contributed by atoms with Crippen LogP contribution in [0, 0.1) is 34.9 Å². The number of carbonyl (C=O) groups excluding carboxylic acids is 2. The molecule has 0 bridgehead atoms. The van der Waals surface area contributed by atoms with Gasteiger partial charge in [0.25, 0.3) is 0 Å². The molecule has 5 nitrogen and oxygen atoms in total. The third-order valence-electron chi connectivity index (χ3n) is 5.88. The summed E-state index contributed by atoms with van der Waals surface area (Å²) in [6.07, 6.45) is -0.704. The van der Waals surface area contributed by atoms with E-state index in [9.17, 15) is 35.9 Å². The molecule has 0 radical (unpaired) electrons. The number of hydrogen-bond acceptors (Lipinski definition) is 2. The number of urea groups is 1. The Labute approximate surface area is 212 Å². The van der Waals surface area contributed by atoms with Gasteiger partial charge in [0.1, 0.15) is 23.3 Å². The van der Waals surface area contributed by atoms with Gasteiger partial charge in [0.15, 0.2) is 11.6 Å². The average molecular weight is 542 g/mol. The number of halogens is 7. The van der Waals surface area contributed by atoms with Gasteiger partial charge in [0, 0.05) is 35.8 Å². The summed E-state index contributed by atoms with van der Waals surface area (Å²) in [4.78, 5) is 28.3. The van der Waals surface area contributed by atoms with Crippen LogP contribution in [0.4, 0.5) is 36.8 Å². The van der Waals surface area contributed by atoms with Gasteiger partial charge in [-0.25, -0.2) is 31.1 Å². The van der Waals surface area contributed by atoms with E-state index in [1.54, 1.807) is 0 Å². The lowest BCUT2D eigenvalue weighted by Crippen LogP contribution is -2.57. The first-order chi connectivity index (χ1) is 17.5. The Morgan fingerprint density at radius 1 is 0.865 bits per heavy atom. The molecule has 194 valence electrons. The van der Waals surface area contributed by atoms with E-state index < -0.39 is 59.6 Å². The van der Waals surface area contributed by atoms with Gasteiger partial charge in [-0.3, -0.25) is 4.79 Å². The van der Waals surface area contributed by atoms with Crippen molar-refractivity contribution in [1.29, 1.82) is 0 Å². The zero-order valence-corrected chi connectivity index (χ0v) is 19.6. The van der Waals surface area contributed by atoms with Crippen molar-refractivity contribution in [3.63, 3.8) is 0 Å². The Balaban J connectivity index is 1.62. The molecule has 1 unspecified atom stereocenters. The molecule has 1 aliphatic heterocycles. The molecule has 1 aliphatic rings. The van der Waals surface area contributed by atoms with E-state index >= 15 is 0 Å². The van der Waals surface area contributed by atoms with E-state index in [1.807, 2.05) is 0 Å². The summed E-state index contributed by atoms with van der Waals surface area (Å²) >= 11 is 5.76. The lowest BCUT2D eigenvalue weighted by atomic mass is 9.98. The third-order valence-corrected chi connectivity index (χ3v) is 6.17. The number of nitrogens with one attached hydrogen (secondary N) is 1. The molecule has 3 amide bonds. The molecular weight excluding hydrogens is 524 g/mol. The van der Waals surface area contributed by atoms with E-state index in [-0.39, 0.29) is 41.2 Å². The highest BCUT2D eigenvalue weighted by atomic mass is 35.5. The highest BCUT2D eigenvalue weighted by Gasteiger charge is 2.36. The number of nitrogens with zero attached hydrogens (tertiary/aromatic N) is 2. The van der Waals surface area contributed by atoms with Gasteiger partial charge < -0.3 is 15.1 Å². The maximum absolute atomic E-state index is 14.3. The summed E-state index contributed by atoms with van der Waals surface area (Å²) in [5.74, 6) is -6.71. The van der Waals surface area contributed by atoms with Crippen LogP contribution in [0.3, 0.4) is 0 Å². The Kier molecular flexibility index (Phi) is 7.63. The quantitative estimate of drug-likeness (QED) is 0.318. The SMILES string of the molecule is O=C1CC(Cc2cc(F)c(F)cc2F)N(C(=O)Nc2ccc(F)c(Cl)c2)CN1Cc1ccc(F)cc1F. The van der Waals surface area contributed by atoms with Gasteiger partial charge in [-0.2, -0.15) is 0 Å². The fourth-order valence-corrected chi connectivity index (χ4v) is 4.15. The van der Waals surface area contributed by atoms with Gasteiger partial charge >= 0.3 is 6.03 Å². The molecule has 4 rings (SSSR count). The summed E-state index contributed by atoms with van der Waals surface area (Å²) in [7, 11) is 0. The van der Waals surface area contributed by atoms with Crippen molar-refractivity contribution in [2.24, 2.45) is 0 Å². The number of amides is 3. The smallest absolute Gasteiger partial charge is 0.320 e. The molecule has 0 aliphatic carbocycles. The Morgan fingerprint density at radius 3 is 2.27 bits per heavy atom. The Bertz CT molecular complexity index is 1370. The fourth-order valence-electron chi connectivity index (χ4n) is 3.97. The molecule has 0 saturated carbocycles. The molecule has 3 aromatic carbocycles. The first-order valence-electron chi connectivity index (χ1n) is 10.9. The van der Waals surface area contributed by atoms with Gasteiger partial charge in [0.2, 0.25) is 5.91 Å². The van der Waals surface area contributed by atoms with Crippen molar-refractivity contribution >= 4 is 29.2 Å². The van der Waals surface area contributed by atoms with Crippen LogP contribution < -0.4 is 5.32 Å². The molecule has 1 N–H and O–H groups in total. The molecule has 37 heavy (non-hydrogen) atoms. The van der Waals surface area contributed by atoms with E-state index in [0.29, 0.717) is 18.2 Å². The number of anilines is 1. The minimum Gasteiger partial charge on any atom is -0.320 e. The fraction of sp³-hybridized carbons (Fsp3) is 0.200. The van der Waals surface area contributed by atoms with E-state index in [0.717, 1.165) is 34.1 Å². The van der Waals surface area contributed by atoms with Gasteiger partial charge in [-0.15, -0.1) is 0 Å². The van der Waals surface area contributed by atoms with Crippen molar-refractivity contribution in [3.05, 3.63) is 99.6 Å². The first-order valence-corrected chi connectivity index (χ1v) is 11.3.